The second-order valence-corrected chi connectivity index (χ2v) is 4.41. The smallest absolute Gasteiger partial charge is 0.343 e. The first kappa shape index (κ1) is 15.2. The molecule has 0 spiro atoms. The Kier molecular flexibility index (Phi) is 6.07. The number of rotatable bonds is 6. The van der Waals surface area contributed by atoms with Gasteiger partial charge in [-0.15, -0.1) is 0 Å². The summed E-state index contributed by atoms with van der Waals surface area (Å²) in [6, 6.07) is 0. The zero-order valence-electron chi connectivity index (χ0n) is 10.7. The molecule has 0 atom stereocenters. The van der Waals surface area contributed by atoms with E-state index < -0.39 is 5.97 Å². The van der Waals surface area contributed by atoms with Gasteiger partial charge < -0.3 is 15.2 Å². The van der Waals surface area contributed by atoms with Gasteiger partial charge in [-0.05, 0) is 6.92 Å². The average Bonchev–Trinajstić information content (AvgIpc) is 2.38. The molecule has 0 saturated heterocycles. The van der Waals surface area contributed by atoms with Crippen LogP contribution in [0.2, 0.25) is 0 Å². The van der Waals surface area contributed by atoms with E-state index in [2.05, 4.69) is 14.7 Å². The third kappa shape index (κ3) is 4.74. The first-order valence-corrected chi connectivity index (χ1v) is 6.56. The van der Waals surface area contributed by atoms with E-state index in [1.807, 2.05) is 0 Å². The van der Waals surface area contributed by atoms with Crippen molar-refractivity contribution >= 4 is 29.5 Å². The quantitative estimate of drug-likeness (QED) is 0.467. The van der Waals surface area contributed by atoms with Crippen LogP contribution in [0.25, 0.3) is 0 Å². The van der Waals surface area contributed by atoms with Crippen LogP contribution in [0.4, 0.5) is 5.82 Å². The molecule has 0 radical (unpaired) electrons. The number of ether oxygens (including phenoxy) is 2. The number of anilines is 1. The van der Waals surface area contributed by atoms with Crippen molar-refractivity contribution in [3.05, 3.63) is 11.8 Å². The van der Waals surface area contributed by atoms with Crippen LogP contribution in [0.5, 0.6) is 0 Å². The molecule has 0 bridgehead atoms. The lowest BCUT2D eigenvalue weighted by Gasteiger charge is -2.05. The Hall–Kier alpha value is -1.83. The van der Waals surface area contributed by atoms with Crippen molar-refractivity contribution in [2.45, 2.75) is 18.5 Å². The Morgan fingerprint density at radius 1 is 1.47 bits per heavy atom. The van der Waals surface area contributed by atoms with Crippen LogP contribution in [0.15, 0.2) is 11.4 Å². The first-order valence-electron chi connectivity index (χ1n) is 5.57. The van der Waals surface area contributed by atoms with Gasteiger partial charge in [0.2, 0.25) is 0 Å². The molecule has 1 aromatic heterocycles. The first-order chi connectivity index (χ1) is 9.08. The third-order valence-electron chi connectivity index (χ3n) is 2.06. The number of carbonyl (C=O) groups is 2. The topological polar surface area (TPSA) is 104 Å². The minimum atomic E-state index is -0.550. The summed E-state index contributed by atoms with van der Waals surface area (Å²) in [7, 11) is 1.33. The summed E-state index contributed by atoms with van der Waals surface area (Å²) in [6.45, 7) is 1.96. The fourth-order valence-electron chi connectivity index (χ4n) is 1.14. The second-order valence-electron chi connectivity index (χ2n) is 3.35. The predicted octanol–water partition coefficient (Wildman–Crippen LogP) is 0.891. The fourth-order valence-corrected chi connectivity index (χ4v) is 1.88. The Labute approximate surface area is 114 Å². The molecule has 0 aliphatic rings. The molecule has 0 aliphatic carbocycles. The van der Waals surface area contributed by atoms with Crippen LogP contribution in [-0.2, 0) is 14.3 Å². The summed E-state index contributed by atoms with van der Waals surface area (Å²) < 4.78 is 9.32. The van der Waals surface area contributed by atoms with Crippen LogP contribution in [-0.4, -0.2) is 41.4 Å². The Morgan fingerprint density at radius 3 is 2.79 bits per heavy atom. The van der Waals surface area contributed by atoms with E-state index in [4.69, 9.17) is 10.5 Å². The van der Waals surface area contributed by atoms with Crippen molar-refractivity contribution < 1.29 is 19.1 Å². The van der Waals surface area contributed by atoms with E-state index in [0.717, 1.165) is 0 Å². The molecule has 1 rings (SSSR count). The van der Waals surface area contributed by atoms with E-state index in [9.17, 15) is 9.59 Å². The van der Waals surface area contributed by atoms with Gasteiger partial charge >= 0.3 is 11.9 Å². The van der Waals surface area contributed by atoms with Crippen LogP contribution in [0.1, 0.15) is 23.7 Å². The highest BCUT2D eigenvalue weighted by Gasteiger charge is 2.13. The molecular formula is C11H15N3O4S. The number of hydrogen-bond donors (Lipinski definition) is 1. The maximum absolute atomic E-state index is 11.5. The van der Waals surface area contributed by atoms with Gasteiger partial charge in [-0.3, -0.25) is 4.79 Å². The van der Waals surface area contributed by atoms with E-state index in [-0.39, 0.29) is 30.4 Å². The van der Waals surface area contributed by atoms with Gasteiger partial charge in [0.05, 0.1) is 20.1 Å². The van der Waals surface area contributed by atoms with Crippen LogP contribution in [0.3, 0.4) is 0 Å². The molecule has 104 valence electrons. The normalized spacial score (nSPS) is 10.0. The summed E-state index contributed by atoms with van der Waals surface area (Å²) in [5, 5.41) is 0.398. The maximum atomic E-state index is 11.5. The number of hydrogen-bond acceptors (Lipinski definition) is 8. The molecular weight excluding hydrogens is 270 g/mol. The number of nitrogen functional groups attached to an aromatic ring is 1. The highest BCUT2D eigenvalue weighted by atomic mass is 32.2. The van der Waals surface area contributed by atoms with Crippen LogP contribution >= 0.6 is 11.8 Å². The number of nitrogens with two attached hydrogens (primary N) is 1. The molecule has 0 saturated carbocycles. The van der Waals surface area contributed by atoms with Crippen molar-refractivity contribution in [3.8, 4) is 0 Å². The highest BCUT2D eigenvalue weighted by molar-refractivity contribution is 7.99. The van der Waals surface area contributed by atoms with Gasteiger partial charge in [-0.1, -0.05) is 11.8 Å². The van der Waals surface area contributed by atoms with E-state index in [0.29, 0.717) is 10.9 Å². The molecule has 0 unspecified atom stereocenters. The summed E-state index contributed by atoms with van der Waals surface area (Å²) in [6.07, 6.45) is 1.57. The van der Waals surface area contributed by atoms with Crippen molar-refractivity contribution in [1.29, 1.82) is 0 Å². The van der Waals surface area contributed by atoms with E-state index in [1.54, 1.807) is 6.92 Å². The van der Waals surface area contributed by atoms with E-state index in [1.165, 1.54) is 25.1 Å². The number of aromatic nitrogens is 2. The molecule has 1 heterocycles. The Morgan fingerprint density at radius 2 is 2.21 bits per heavy atom. The monoisotopic (exact) mass is 285 g/mol. The fraction of sp³-hybridized carbons (Fsp3) is 0.455. The molecule has 7 nitrogen and oxygen atoms in total. The maximum Gasteiger partial charge on any atom is 0.343 e. The molecule has 0 amide bonds. The molecule has 0 aromatic carbocycles. The van der Waals surface area contributed by atoms with Crippen LogP contribution in [0, 0.1) is 0 Å². The lowest BCUT2D eigenvalue weighted by Crippen LogP contribution is -2.10. The molecule has 0 fully saturated rings. The lowest BCUT2D eigenvalue weighted by molar-refractivity contribution is -0.140. The Balaban J connectivity index is 2.61. The average molecular weight is 285 g/mol. The van der Waals surface area contributed by atoms with Gasteiger partial charge in [0.25, 0.3) is 0 Å². The molecule has 1 aromatic rings. The highest BCUT2D eigenvalue weighted by Crippen LogP contribution is 2.17. The minimum absolute atomic E-state index is 0.0639. The number of thioether (sulfide) groups is 1. The molecule has 19 heavy (non-hydrogen) atoms. The van der Waals surface area contributed by atoms with Gasteiger partial charge in [0.1, 0.15) is 11.4 Å². The number of carbonyl (C=O) groups excluding carboxylic acids is 2. The minimum Gasteiger partial charge on any atom is -0.469 e. The van der Waals surface area contributed by atoms with Gasteiger partial charge in [-0.25, -0.2) is 14.8 Å². The standard InChI is InChI=1S/C11H15N3O4S/c1-3-18-10(16)7-6-13-11(14-9(7)12)19-5-4-8(15)17-2/h6H,3-5H2,1-2H3,(H2,12,13,14). The summed E-state index contributed by atoms with van der Waals surface area (Å²) in [5.74, 6) is -0.311. The number of nitrogens with zero attached hydrogens (tertiary/aromatic N) is 2. The van der Waals surface area contributed by atoms with Crippen LogP contribution < -0.4 is 5.73 Å². The number of methoxy groups -OCH3 is 1. The zero-order chi connectivity index (χ0) is 14.3. The Bertz CT molecular complexity index is 467. The number of esters is 2. The molecule has 8 heteroatoms. The predicted molar refractivity (Wildman–Crippen MR) is 69.8 cm³/mol. The summed E-state index contributed by atoms with van der Waals surface area (Å²) in [4.78, 5) is 30.4. The van der Waals surface area contributed by atoms with Gasteiger partial charge in [0, 0.05) is 11.9 Å². The summed E-state index contributed by atoms with van der Waals surface area (Å²) >= 11 is 1.26. The largest absolute Gasteiger partial charge is 0.469 e. The molecule has 2 N–H and O–H groups in total. The van der Waals surface area contributed by atoms with Crippen molar-refractivity contribution in [2.24, 2.45) is 0 Å². The van der Waals surface area contributed by atoms with Gasteiger partial charge in [-0.2, -0.15) is 0 Å². The van der Waals surface area contributed by atoms with Crippen molar-refractivity contribution in [3.63, 3.8) is 0 Å². The second kappa shape index (κ2) is 7.57. The zero-order valence-corrected chi connectivity index (χ0v) is 11.5. The van der Waals surface area contributed by atoms with Crippen molar-refractivity contribution in [1.82, 2.24) is 9.97 Å². The van der Waals surface area contributed by atoms with Gasteiger partial charge in [0.15, 0.2) is 5.16 Å². The summed E-state index contributed by atoms with van der Waals surface area (Å²) in [5.41, 5.74) is 5.79. The SMILES string of the molecule is CCOC(=O)c1cnc(SCCC(=O)OC)nc1N. The van der Waals surface area contributed by atoms with E-state index >= 15 is 0 Å². The molecule has 0 aliphatic heterocycles. The lowest BCUT2D eigenvalue weighted by atomic mass is 10.3. The third-order valence-corrected chi connectivity index (χ3v) is 2.92. The van der Waals surface area contributed by atoms with Crippen molar-refractivity contribution in [2.75, 3.05) is 25.2 Å².